The summed E-state index contributed by atoms with van der Waals surface area (Å²) < 4.78 is 55.2. The Hall–Kier alpha value is -3.49. The Bertz CT molecular complexity index is 1120. The molecule has 0 aliphatic rings. The first-order valence-corrected chi connectivity index (χ1v) is 8.51. The molecule has 3 aromatic rings. The lowest BCUT2D eigenvalue weighted by molar-refractivity contribution is -0.136. The van der Waals surface area contributed by atoms with Crippen molar-refractivity contribution in [1.29, 1.82) is 0 Å². The summed E-state index contributed by atoms with van der Waals surface area (Å²) in [4.78, 5) is 24.9. The van der Waals surface area contributed by atoms with Gasteiger partial charge in [-0.3, -0.25) is 4.79 Å². The lowest BCUT2D eigenvalue weighted by Crippen LogP contribution is -2.22. The first kappa shape index (κ1) is 20.2. The number of carbonyl (C=O) groups is 1. The summed E-state index contributed by atoms with van der Waals surface area (Å²) in [5.74, 6) is -0.496. The number of alkyl halides is 3. The number of amides is 1. The van der Waals surface area contributed by atoms with Gasteiger partial charge in [0.1, 0.15) is 5.56 Å². The number of methoxy groups -OCH3 is 1. The lowest BCUT2D eigenvalue weighted by atomic mass is 10.1. The highest BCUT2D eigenvalue weighted by molar-refractivity contribution is 6.06. The van der Waals surface area contributed by atoms with Gasteiger partial charge in [0.15, 0.2) is 11.3 Å². The molecule has 3 rings (SSSR count). The molecule has 1 amide bonds. The van der Waals surface area contributed by atoms with Crippen LogP contribution in [0.15, 0.2) is 51.7 Å². The number of ether oxygens (including phenoxy) is 2. The minimum atomic E-state index is -4.67. The molecule has 0 aliphatic carbocycles. The maximum absolute atomic E-state index is 13.1. The van der Waals surface area contributed by atoms with Gasteiger partial charge in [0, 0.05) is 5.39 Å². The van der Waals surface area contributed by atoms with E-state index in [9.17, 15) is 22.8 Å². The number of rotatable bonds is 5. The van der Waals surface area contributed by atoms with Crippen molar-refractivity contribution >= 4 is 22.6 Å². The Morgan fingerprint density at radius 2 is 1.90 bits per heavy atom. The van der Waals surface area contributed by atoms with E-state index in [0.29, 0.717) is 11.1 Å². The van der Waals surface area contributed by atoms with Crippen LogP contribution in [0.5, 0.6) is 11.5 Å². The van der Waals surface area contributed by atoms with Crippen molar-refractivity contribution in [3.05, 3.63) is 64.0 Å². The fourth-order valence-electron chi connectivity index (χ4n) is 2.77. The van der Waals surface area contributed by atoms with Crippen molar-refractivity contribution in [2.24, 2.45) is 0 Å². The van der Waals surface area contributed by atoms with Crippen LogP contribution in [0.25, 0.3) is 11.0 Å². The molecule has 2 aromatic carbocycles. The molecule has 0 atom stereocenters. The number of hydrogen-bond donors (Lipinski definition) is 1. The van der Waals surface area contributed by atoms with Crippen molar-refractivity contribution in [2.75, 3.05) is 19.0 Å². The van der Waals surface area contributed by atoms with Gasteiger partial charge in [0.25, 0.3) is 5.91 Å². The van der Waals surface area contributed by atoms with E-state index in [1.165, 1.54) is 25.3 Å². The van der Waals surface area contributed by atoms with E-state index in [-0.39, 0.29) is 17.9 Å². The molecule has 29 heavy (non-hydrogen) atoms. The van der Waals surface area contributed by atoms with Crippen LogP contribution in [-0.2, 0) is 6.18 Å². The summed E-state index contributed by atoms with van der Waals surface area (Å²) in [5.41, 5.74) is -2.88. The molecular formula is C20H16F3NO5. The van der Waals surface area contributed by atoms with Crippen LogP contribution in [0.1, 0.15) is 22.8 Å². The van der Waals surface area contributed by atoms with Crippen LogP contribution in [0.2, 0.25) is 0 Å². The van der Waals surface area contributed by atoms with Gasteiger partial charge in [0.2, 0.25) is 5.75 Å². The van der Waals surface area contributed by atoms with Gasteiger partial charge >= 0.3 is 11.8 Å². The minimum absolute atomic E-state index is 0.0726. The molecule has 6 nitrogen and oxygen atoms in total. The van der Waals surface area contributed by atoms with Crippen LogP contribution in [0.3, 0.4) is 0 Å². The third-order valence-electron chi connectivity index (χ3n) is 4.05. The van der Waals surface area contributed by atoms with E-state index < -0.39 is 34.5 Å². The van der Waals surface area contributed by atoms with E-state index in [2.05, 4.69) is 5.32 Å². The van der Waals surface area contributed by atoms with Gasteiger partial charge in [-0.2, -0.15) is 13.2 Å². The summed E-state index contributed by atoms with van der Waals surface area (Å²) in [6.07, 6.45) is -4.67. The predicted octanol–water partition coefficient (Wildman–Crippen LogP) is 4.47. The van der Waals surface area contributed by atoms with E-state index in [4.69, 9.17) is 13.9 Å². The number of halogens is 3. The number of carbonyl (C=O) groups excluding carboxylic acids is 1. The topological polar surface area (TPSA) is 77.8 Å². The molecule has 1 aromatic heterocycles. The maximum atomic E-state index is 13.1. The molecule has 0 spiro atoms. The van der Waals surface area contributed by atoms with Crippen molar-refractivity contribution in [1.82, 2.24) is 0 Å². The normalized spacial score (nSPS) is 11.3. The zero-order chi connectivity index (χ0) is 21.2. The highest BCUT2D eigenvalue weighted by Crippen LogP contribution is 2.36. The SMILES string of the molecule is CCOc1c(OC)ccc2cc(C(=O)Nc3ccccc3C(F)(F)F)c(=O)oc12. The zero-order valence-corrected chi connectivity index (χ0v) is 15.4. The highest BCUT2D eigenvalue weighted by atomic mass is 19.4. The quantitative estimate of drug-likeness (QED) is 0.632. The largest absolute Gasteiger partial charge is 0.493 e. The van der Waals surface area contributed by atoms with Gasteiger partial charge in [0.05, 0.1) is 25.0 Å². The highest BCUT2D eigenvalue weighted by Gasteiger charge is 2.33. The van der Waals surface area contributed by atoms with Gasteiger partial charge in [-0.25, -0.2) is 4.79 Å². The molecular weight excluding hydrogens is 391 g/mol. The first-order chi connectivity index (χ1) is 13.8. The fraction of sp³-hybridized carbons (Fsp3) is 0.200. The van der Waals surface area contributed by atoms with E-state index in [1.54, 1.807) is 19.1 Å². The Morgan fingerprint density at radius 3 is 2.55 bits per heavy atom. The van der Waals surface area contributed by atoms with E-state index in [0.717, 1.165) is 12.1 Å². The van der Waals surface area contributed by atoms with Crippen molar-refractivity contribution in [2.45, 2.75) is 13.1 Å². The summed E-state index contributed by atoms with van der Waals surface area (Å²) in [7, 11) is 1.42. The molecule has 1 N–H and O–H groups in total. The average Bonchev–Trinajstić information content (AvgIpc) is 2.67. The monoisotopic (exact) mass is 407 g/mol. The number of fused-ring (bicyclic) bond motifs is 1. The number of nitrogens with one attached hydrogen (secondary N) is 1. The smallest absolute Gasteiger partial charge is 0.418 e. The Labute approximate surface area is 162 Å². The fourth-order valence-corrected chi connectivity index (χ4v) is 2.77. The second-order valence-corrected chi connectivity index (χ2v) is 5.89. The molecule has 0 unspecified atom stereocenters. The Morgan fingerprint density at radius 1 is 1.17 bits per heavy atom. The van der Waals surface area contributed by atoms with Crippen molar-refractivity contribution in [3.63, 3.8) is 0 Å². The lowest BCUT2D eigenvalue weighted by Gasteiger charge is -2.14. The molecule has 152 valence electrons. The summed E-state index contributed by atoms with van der Waals surface area (Å²) in [5, 5.41) is 2.48. The molecule has 9 heteroatoms. The number of para-hydroxylation sites is 1. The second-order valence-electron chi connectivity index (χ2n) is 5.89. The summed E-state index contributed by atoms with van der Waals surface area (Å²) in [6.45, 7) is 2.01. The van der Waals surface area contributed by atoms with Crippen LogP contribution in [0.4, 0.5) is 18.9 Å². The molecule has 0 aliphatic heterocycles. The molecule has 0 saturated heterocycles. The standard InChI is InChI=1S/C20H16F3NO5/c1-3-28-17-15(27-2)9-8-11-10-12(19(26)29-16(11)17)18(25)24-14-7-5-4-6-13(14)20(21,22)23/h4-10H,3H2,1-2H3,(H,24,25). The summed E-state index contributed by atoms with van der Waals surface area (Å²) >= 11 is 0. The summed E-state index contributed by atoms with van der Waals surface area (Å²) in [6, 6.07) is 8.81. The Balaban J connectivity index is 2.04. The molecule has 0 radical (unpaired) electrons. The number of benzene rings is 2. The van der Waals surface area contributed by atoms with Gasteiger partial charge in [-0.05, 0) is 37.3 Å². The molecule has 0 fully saturated rings. The van der Waals surface area contributed by atoms with Gasteiger partial charge in [-0.15, -0.1) is 0 Å². The van der Waals surface area contributed by atoms with Crippen molar-refractivity contribution < 1.29 is 31.9 Å². The Kier molecular flexibility index (Phi) is 5.49. The third-order valence-corrected chi connectivity index (χ3v) is 4.05. The van der Waals surface area contributed by atoms with Crippen LogP contribution in [-0.4, -0.2) is 19.6 Å². The van der Waals surface area contributed by atoms with E-state index >= 15 is 0 Å². The van der Waals surface area contributed by atoms with Crippen LogP contribution in [0, 0.1) is 0 Å². The van der Waals surface area contributed by atoms with Crippen molar-refractivity contribution in [3.8, 4) is 11.5 Å². The average molecular weight is 407 g/mol. The molecule has 1 heterocycles. The minimum Gasteiger partial charge on any atom is -0.493 e. The zero-order valence-electron chi connectivity index (χ0n) is 15.4. The second kappa shape index (κ2) is 7.86. The first-order valence-electron chi connectivity index (χ1n) is 8.51. The van der Waals surface area contributed by atoms with E-state index in [1.807, 2.05) is 0 Å². The molecule has 0 bridgehead atoms. The van der Waals surface area contributed by atoms with Crippen LogP contribution < -0.4 is 20.4 Å². The number of hydrogen-bond acceptors (Lipinski definition) is 5. The predicted molar refractivity (Wildman–Crippen MR) is 99.6 cm³/mol. The maximum Gasteiger partial charge on any atom is 0.418 e. The van der Waals surface area contributed by atoms with Gasteiger partial charge in [-0.1, -0.05) is 12.1 Å². The molecule has 0 saturated carbocycles. The third kappa shape index (κ3) is 4.03. The van der Waals surface area contributed by atoms with Crippen LogP contribution >= 0.6 is 0 Å². The number of anilines is 1. The van der Waals surface area contributed by atoms with Gasteiger partial charge < -0.3 is 19.2 Å².